The molecule has 1 heterocycles. The smallest absolute Gasteiger partial charge is 0.287 e. The number of carbonyl (C=O) groups is 1. The molecular formula is C10H14BrNOS. The Hall–Kier alpha value is -0.350. The van der Waals surface area contributed by atoms with E-state index in [2.05, 4.69) is 53.5 Å². The highest BCUT2D eigenvalue weighted by molar-refractivity contribution is 9.18. The van der Waals surface area contributed by atoms with Gasteiger partial charge in [-0.1, -0.05) is 13.8 Å². The number of hydrogen-bond donors (Lipinski definition) is 1. The zero-order chi connectivity index (χ0) is 10.8. The van der Waals surface area contributed by atoms with Crippen molar-refractivity contribution in [2.24, 2.45) is 0 Å². The van der Waals surface area contributed by atoms with E-state index in [1.807, 2.05) is 0 Å². The molecule has 2 nitrogen and oxygen atoms in total. The van der Waals surface area contributed by atoms with E-state index in [-0.39, 0.29) is 10.2 Å². The summed E-state index contributed by atoms with van der Waals surface area (Å²) in [7, 11) is 0. The van der Waals surface area contributed by atoms with Crippen LogP contribution in [0.5, 0.6) is 0 Å². The topological polar surface area (TPSA) is 29.1 Å². The van der Waals surface area contributed by atoms with E-state index in [0.717, 1.165) is 0 Å². The molecule has 0 fully saturated rings. The van der Waals surface area contributed by atoms with E-state index in [1.165, 1.54) is 10.4 Å². The Morgan fingerprint density at radius 1 is 1.64 bits per heavy atom. The molecule has 0 aliphatic rings. The van der Waals surface area contributed by atoms with Crippen LogP contribution in [-0.4, -0.2) is 11.4 Å². The van der Waals surface area contributed by atoms with Gasteiger partial charge in [0.2, 0.25) is 0 Å². The molecule has 0 saturated heterocycles. The monoisotopic (exact) mass is 275 g/mol. The second-order valence-electron chi connectivity index (χ2n) is 3.94. The highest BCUT2D eigenvalue weighted by Gasteiger charge is 2.23. The van der Waals surface area contributed by atoms with Gasteiger partial charge in [-0.2, -0.15) is 0 Å². The van der Waals surface area contributed by atoms with E-state index in [4.69, 9.17) is 0 Å². The summed E-state index contributed by atoms with van der Waals surface area (Å²) in [6.45, 7) is 7.02. The van der Waals surface area contributed by atoms with Crippen LogP contribution in [0.4, 0.5) is 4.79 Å². The summed E-state index contributed by atoms with van der Waals surface area (Å²) in [5, 5.41) is 4.87. The van der Waals surface area contributed by atoms with Crippen molar-refractivity contribution in [3.05, 3.63) is 21.9 Å². The molecular weight excluding hydrogens is 262 g/mol. The number of rotatable bonds is 3. The lowest BCUT2D eigenvalue weighted by molar-refractivity contribution is 0.259. The molecule has 1 rings (SSSR count). The first-order chi connectivity index (χ1) is 6.43. The van der Waals surface area contributed by atoms with Gasteiger partial charge in [-0.25, -0.2) is 0 Å². The Balaban J connectivity index is 2.75. The van der Waals surface area contributed by atoms with Gasteiger partial charge in [-0.05, 0) is 23.9 Å². The van der Waals surface area contributed by atoms with Crippen LogP contribution in [0.15, 0.2) is 11.4 Å². The summed E-state index contributed by atoms with van der Waals surface area (Å²) in [4.78, 5) is 11.9. The first-order valence-electron chi connectivity index (χ1n) is 4.41. The lowest BCUT2D eigenvalue weighted by atomic mass is 9.89. The summed E-state index contributed by atoms with van der Waals surface area (Å²) < 4.78 is 0. The lowest BCUT2D eigenvalue weighted by Crippen LogP contribution is -2.33. The largest absolute Gasteiger partial charge is 0.346 e. The van der Waals surface area contributed by atoms with Crippen molar-refractivity contribution in [1.29, 1.82) is 0 Å². The van der Waals surface area contributed by atoms with Gasteiger partial charge < -0.3 is 5.32 Å². The minimum absolute atomic E-state index is 0.00167. The fraction of sp³-hybridized carbons (Fsp3) is 0.500. The number of amides is 1. The van der Waals surface area contributed by atoms with Crippen LogP contribution in [0.3, 0.4) is 0 Å². The molecule has 0 atom stereocenters. The average Bonchev–Trinajstić information content (AvgIpc) is 2.48. The quantitative estimate of drug-likeness (QED) is 0.665. The highest BCUT2D eigenvalue weighted by atomic mass is 79.9. The van der Waals surface area contributed by atoms with E-state index < -0.39 is 0 Å². The normalized spacial score (nSPS) is 11.4. The van der Waals surface area contributed by atoms with Crippen molar-refractivity contribution >= 4 is 32.1 Å². The maximum atomic E-state index is 10.8. The van der Waals surface area contributed by atoms with Crippen LogP contribution < -0.4 is 5.32 Å². The summed E-state index contributed by atoms with van der Waals surface area (Å²) >= 11 is 4.60. The standard InChI is InChI=1S/C10H14BrNOS/c1-7-4-5-14-8(7)10(2,3)6-12-9(11)13/h4-5H,6H2,1-3H3,(H,12,13). The van der Waals surface area contributed by atoms with E-state index in [0.29, 0.717) is 6.54 Å². The Morgan fingerprint density at radius 3 is 2.71 bits per heavy atom. The molecule has 0 bridgehead atoms. The zero-order valence-corrected chi connectivity index (χ0v) is 11.0. The number of halogens is 1. The molecule has 0 aliphatic heterocycles. The Morgan fingerprint density at radius 2 is 2.29 bits per heavy atom. The maximum Gasteiger partial charge on any atom is 0.287 e. The molecule has 0 radical (unpaired) electrons. The SMILES string of the molecule is Cc1ccsc1C(C)(C)CNC(=O)Br. The Labute approximate surface area is 96.8 Å². The molecule has 1 N–H and O–H groups in total. The molecule has 14 heavy (non-hydrogen) atoms. The minimum Gasteiger partial charge on any atom is -0.346 e. The predicted molar refractivity (Wildman–Crippen MR) is 64.4 cm³/mol. The van der Waals surface area contributed by atoms with Crippen molar-refractivity contribution in [2.75, 3.05) is 6.54 Å². The average molecular weight is 276 g/mol. The number of nitrogens with one attached hydrogen (secondary N) is 1. The first-order valence-corrected chi connectivity index (χ1v) is 6.08. The van der Waals surface area contributed by atoms with Crippen LogP contribution >= 0.6 is 27.3 Å². The number of aryl methyl sites for hydroxylation is 1. The molecule has 0 aromatic carbocycles. The molecule has 0 saturated carbocycles. The third-order valence-corrected chi connectivity index (χ3v) is 3.81. The first kappa shape index (κ1) is 11.7. The highest BCUT2D eigenvalue weighted by Crippen LogP contribution is 2.30. The fourth-order valence-electron chi connectivity index (χ4n) is 1.44. The number of thiophene rings is 1. The molecule has 1 aromatic heterocycles. The van der Waals surface area contributed by atoms with Gasteiger partial charge in [-0.3, -0.25) is 4.79 Å². The molecule has 78 valence electrons. The van der Waals surface area contributed by atoms with Gasteiger partial charge in [0.15, 0.2) is 0 Å². The zero-order valence-electron chi connectivity index (χ0n) is 8.56. The molecule has 0 aliphatic carbocycles. The van der Waals surface area contributed by atoms with Gasteiger partial charge in [0.25, 0.3) is 4.82 Å². The second-order valence-corrected chi connectivity index (χ2v) is 5.58. The molecule has 0 spiro atoms. The van der Waals surface area contributed by atoms with Gasteiger partial charge in [0.1, 0.15) is 0 Å². The van der Waals surface area contributed by atoms with Gasteiger partial charge in [0, 0.05) is 32.8 Å². The van der Waals surface area contributed by atoms with Gasteiger partial charge in [-0.15, -0.1) is 11.3 Å². The van der Waals surface area contributed by atoms with Gasteiger partial charge >= 0.3 is 0 Å². The maximum absolute atomic E-state index is 10.8. The third-order valence-electron chi connectivity index (χ3n) is 2.15. The molecule has 1 aromatic rings. The van der Waals surface area contributed by atoms with Crippen molar-refractivity contribution in [3.8, 4) is 0 Å². The van der Waals surface area contributed by atoms with Crippen molar-refractivity contribution in [1.82, 2.24) is 5.32 Å². The minimum atomic E-state index is -0.153. The lowest BCUT2D eigenvalue weighted by Gasteiger charge is -2.24. The summed E-state index contributed by atoms with van der Waals surface area (Å²) in [5.41, 5.74) is 1.30. The van der Waals surface area contributed by atoms with Crippen molar-refractivity contribution < 1.29 is 4.79 Å². The summed E-state index contributed by atoms with van der Waals surface area (Å²) in [6, 6.07) is 2.11. The summed E-state index contributed by atoms with van der Waals surface area (Å²) in [5.74, 6) is 0. The second kappa shape index (κ2) is 4.45. The van der Waals surface area contributed by atoms with Crippen LogP contribution in [0.25, 0.3) is 0 Å². The van der Waals surface area contributed by atoms with Crippen LogP contribution in [0, 0.1) is 6.92 Å². The van der Waals surface area contributed by atoms with Crippen molar-refractivity contribution in [3.63, 3.8) is 0 Å². The molecule has 0 unspecified atom stereocenters. The van der Waals surface area contributed by atoms with E-state index in [1.54, 1.807) is 11.3 Å². The fourth-order valence-corrected chi connectivity index (χ4v) is 2.63. The summed E-state index contributed by atoms with van der Waals surface area (Å²) in [6.07, 6.45) is 0. The Kier molecular flexibility index (Phi) is 3.72. The van der Waals surface area contributed by atoms with Crippen LogP contribution in [0.2, 0.25) is 0 Å². The van der Waals surface area contributed by atoms with Crippen molar-refractivity contribution in [2.45, 2.75) is 26.2 Å². The predicted octanol–water partition coefficient (Wildman–Crippen LogP) is 3.44. The molecule has 4 heteroatoms. The van der Waals surface area contributed by atoms with Crippen LogP contribution in [0.1, 0.15) is 24.3 Å². The van der Waals surface area contributed by atoms with Crippen LogP contribution in [-0.2, 0) is 5.41 Å². The molecule has 1 amide bonds. The van der Waals surface area contributed by atoms with Gasteiger partial charge in [0.05, 0.1) is 0 Å². The number of carbonyl (C=O) groups excluding carboxylic acids is 1. The van der Waals surface area contributed by atoms with E-state index >= 15 is 0 Å². The van der Waals surface area contributed by atoms with E-state index in [9.17, 15) is 4.79 Å². The number of hydrogen-bond acceptors (Lipinski definition) is 2. The Bertz CT molecular complexity index is 333. The third kappa shape index (κ3) is 2.82.